The molecule has 0 aromatic rings. The van der Waals surface area contributed by atoms with Crippen LogP contribution in [0, 0.1) is 0 Å². The number of alkyl halides is 1. The molecule has 0 aliphatic heterocycles. The van der Waals surface area contributed by atoms with Gasteiger partial charge in [0.2, 0.25) is 0 Å². The van der Waals surface area contributed by atoms with Crippen molar-refractivity contribution in [3.05, 3.63) is 0 Å². The molecule has 0 aliphatic rings. The maximum atomic E-state index is 5.11. The third-order valence-corrected chi connectivity index (χ3v) is 0.898. The van der Waals surface area contributed by atoms with Gasteiger partial charge in [0.15, 0.2) is 0 Å². The molecule has 0 heterocycles. The molecular formula is C3H9Br3N-. The molecule has 0 radical (unpaired) electrons. The minimum atomic E-state index is 0. The quantitative estimate of drug-likeness (QED) is 0.605. The van der Waals surface area contributed by atoms with Crippen molar-refractivity contribution in [2.24, 2.45) is 5.73 Å². The standard InChI is InChI=1S/C3H8BrN.2BrH/c4-2-1-3-5;;/h1-3,5H2;2*1H/p-1. The van der Waals surface area contributed by atoms with Gasteiger partial charge >= 0.3 is 0 Å². The van der Waals surface area contributed by atoms with Gasteiger partial charge < -0.3 is 22.7 Å². The summed E-state index contributed by atoms with van der Waals surface area (Å²) in [5.74, 6) is 0. The highest BCUT2D eigenvalue weighted by Crippen LogP contribution is 1.80. The largest absolute Gasteiger partial charge is 1.00 e. The van der Waals surface area contributed by atoms with Crippen LogP contribution in [-0.2, 0) is 0 Å². The Hall–Kier alpha value is 1.40. The molecule has 0 atom stereocenters. The number of nitrogens with two attached hydrogens (primary N) is 1. The van der Waals surface area contributed by atoms with E-state index in [1.807, 2.05) is 0 Å². The van der Waals surface area contributed by atoms with Crippen LogP contribution in [-0.4, -0.2) is 11.9 Å². The Morgan fingerprint density at radius 2 is 1.86 bits per heavy atom. The smallest absolute Gasteiger partial charge is 0.00433 e. The second-order valence-corrected chi connectivity index (χ2v) is 1.62. The summed E-state index contributed by atoms with van der Waals surface area (Å²) in [6.07, 6.45) is 1.08. The van der Waals surface area contributed by atoms with Gasteiger partial charge in [-0.25, -0.2) is 0 Å². The lowest BCUT2D eigenvalue weighted by molar-refractivity contribution is -0.00000120. The molecule has 0 rings (SSSR count). The van der Waals surface area contributed by atoms with Crippen molar-refractivity contribution >= 4 is 32.9 Å². The Morgan fingerprint density at radius 3 is 1.86 bits per heavy atom. The zero-order chi connectivity index (χ0) is 4.12. The third kappa shape index (κ3) is 18.7. The fourth-order valence-corrected chi connectivity index (χ4v) is 0.401. The molecule has 0 amide bonds. The van der Waals surface area contributed by atoms with Gasteiger partial charge in [-0.3, -0.25) is 0 Å². The first-order valence-electron chi connectivity index (χ1n) is 1.68. The van der Waals surface area contributed by atoms with Crippen LogP contribution in [0.25, 0.3) is 0 Å². The maximum Gasteiger partial charge on any atom is 0.00433 e. The van der Waals surface area contributed by atoms with Gasteiger partial charge in [0, 0.05) is 5.33 Å². The van der Waals surface area contributed by atoms with Crippen molar-refractivity contribution in [1.82, 2.24) is 0 Å². The van der Waals surface area contributed by atoms with E-state index in [1.165, 1.54) is 0 Å². The molecule has 1 nitrogen and oxygen atoms in total. The molecule has 0 aromatic heterocycles. The summed E-state index contributed by atoms with van der Waals surface area (Å²) in [6.45, 7) is 0.797. The van der Waals surface area contributed by atoms with Gasteiger partial charge in [0.25, 0.3) is 0 Å². The van der Waals surface area contributed by atoms with Crippen LogP contribution < -0.4 is 22.7 Å². The van der Waals surface area contributed by atoms with E-state index in [-0.39, 0.29) is 34.0 Å². The van der Waals surface area contributed by atoms with Crippen molar-refractivity contribution < 1.29 is 17.0 Å². The van der Waals surface area contributed by atoms with Crippen molar-refractivity contribution in [1.29, 1.82) is 0 Å². The molecule has 4 heteroatoms. The van der Waals surface area contributed by atoms with Crippen molar-refractivity contribution in [2.75, 3.05) is 11.9 Å². The van der Waals surface area contributed by atoms with E-state index in [0.29, 0.717) is 0 Å². The predicted molar refractivity (Wildman–Crippen MR) is 37.8 cm³/mol. The van der Waals surface area contributed by atoms with Gasteiger partial charge in [-0.15, -0.1) is 17.0 Å². The van der Waals surface area contributed by atoms with Gasteiger partial charge in [-0.2, -0.15) is 0 Å². The van der Waals surface area contributed by atoms with Crippen LogP contribution in [0.2, 0.25) is 0 Å². The number of hydrogen-bond acceptors (Lipinski definition) is 1. The molecule has 2 N–H and O–H groups in total. The second-order valence-electron chi connectivity index (χ2n) is 0.831. The Labute approximate surface area is 73.7 Å². The lowest BCUT2D eigenvalue weighted by Crippen LogP contribution is -3.00. The molecule has 0 saturated heterocycles. The van der Waals surface area contributed by atoms with E-state index in [0.717, 1.165) is 18.3 Å². The van der Waals surface area contributed by atoms with E-state index >= 15 is 0 Å². The van der Waals surface area contributed by atoms with E-state index in [2.05, 4.69) is 15.9 Å². The van der Waals surface area contributed by atoms with Crippen LogP contribution in [0.5, 0.6) is 0 Å². The zero-order valence-electron chi connectivity index (χ0n) is 3.86. The van der Waals surface area contributed by atoms with Crippen LogP contribution in [0.3, 0.4) is 0 Å². The molecule has 48 valence electrons. The average Bonchev–Trinajstić information content (AvgIpc) is 1.41. The summed E-state index contributed by atoms with van der Waals surface area (Å²) in [7, 11) is 0. The van der Waals surface area contributed by atoms with Crippen LogP contribution in [0.1, 0.15) is 6.42 Å². The summed E-state index contributed by atoms with van der Waals surface area (Å²) >= 11 is 3.23. The number of halogens is 3. The summed E-state index contributed by atoms with van der Waals surface area (Å²) in [4.78, 5) is 0. The summed E-state index contributed by atoms with van der Waals surface area (Å²) in [5, 5.41) is 1.03. The topological polar surface area (TPSA) is 26.0 Å². The van der Waals surface area contributed by atoms with Crippen LogP contribution in [0.15, 0.2) is 0 Å². The van der Waals surface area contributed by atoms with E-state index in [4.69, 9.17) is 5.73 Å². The van der Waals surface area contributed by atoms with Crippen LogP contribution >= 0.6 is 32.9 Å². The highest BCUT2D eigenvalue weighted by molar-refractivity contribution is 9.09. The van der Waals surface area contributed by atoms with E-state index in [9.17, 15) is 0 Å². The SMILES string of the molecule is Br.NCCCBr.[Br-]. The van der Waals surface area contributed by atoms with Gasteiger partial charge in [-0.05, 0) is 13.0 Å². The minimum absolute atomic E-state index is 0. The molecule has 0 bridgehead atoms. The Morgan fingerprint density at radius 1 is 1.43 bits per heavy atom. The average molecular weight is 299 g/mol. The molecule has 0 aromatic carbocycles. The van der Waals surface area contributed by atoms with Gasteiger partial charge in [0.1, 0.15) is 0 Å². The summed E-state index contributed by atoms with van der Waals surface area (Å²) < 4.78 is 0. The summed E-state index contributed by atoms with van der Waals surface area (Å²) in [6, 6.07) is 0. The maximum absolute atomic E-state index is 5.11. The lowest BCUT2D eigenvalue weighted by atomic mass is 10.5. The molecule has 0 saturated carbocycles. The molecule has 0 aliphatic carbocycles. The van der Waals surface area contributed by atoms with E-state index < -0.39 is 0 Å². The Bertz CT molecular complexity index is 17.7. The molecule has 0 spiro atoms. The van der Waals surface area contributed by atoms with Gasteiger partial charge in [0.05, 0.1) is 0 Å². The Kier molecular flexibility index (Phi) is 35.3. The fourth-order valence-electron chi connectivity index (χ4n) is 0.0772. The van der Waals surface area contributed by atoms with Crippen molar-refractivity contribution in [3.8, 4) is 0 Å². The number of hydrogen-bond donors (Lipinski definition) is 1. The first-order valence-corrected chi connectivity index (χ1v) is 2.80. The minimum Gasteiger partial charge on any atom is -1.00 e. The van der Waals surface area contributed by atoms with Crippen molar-refractivity contribution in [2.45, 2.75) is 6.42 Å². The van der Waals surface area contributed by atoms with Crippen molar-refractivity contribution in [3.63, 3.8) is 0 Å². The number of rotatable bonds is 2. The highest BCUT2D eigenvalue weighted by atomic mass is 79.9. The molecular weight excluding hydrogens is 290 g/mol. The monoisotopic (exact) mass is 296 g/mol. The predicted octanol–water partition coefficient (Wildman–Crippen LogP) is -1.69. The lowest BCUT2D eigenvalue weighted by Gasteiger charge is -1.78. The van der Waals surface area contributed by atoms with Gasteiger partial charge in [-0.1, -0.05) is 15.9 Å². The normalized spacial score (nSPS) is 6.00. The van der Waals surface area contributed by atoms with E-state index in [1.54, 1.807) is 0 Å². The molecule has 0 unspecified atom stereocenters. The molecule has 7 heavy (non-hydrogen) atoms. The summed E-state index contributed by atoms with van der Waals surface area (Å²) in [5.41, 5.74) is 5.11. The Balaban J connectivity index is -0.0000000800. The first kappa shape index (κ1) is 15.8. The molecule has 0 fully saturated rings. The highest BCUT2D eigenvalue weighted by Gasteiger charge is 1.69. The third-order valence-electron chi connectivity index (χ3n) is 0.338. The zero-order valence-corrected chi connectivity index (χ0v) is 8.75. The first-order chi connectivity index (χ1) is 2.41. The van der Waals surface area contributed by atoms with Crippen LogP contribution in [0.4, 0.5) is 0 Å². The fraction of sp³-hybridized carbons (Fsp3) is 1.00. The second kappa shape index (κ2) is 15.7.